The smallest absolute Gasteiger partial charge is 0.231 e. The zero-order chi connectivity index (χ0) is 19.9. The standard InChI is InChI=1S/C19H20FNO3/c20-15-3-1-13(2-4-15)17-7-8-21-10-14(17)11-22-16-5-6-18-19(9-16)24-12-23-18/h1-6,9,14,17,21H,7-8,10-12H2/t14?,17-/m0/s1/i10D2,12D2. The van der Waals surface area contributed by atoms with Crippen molar-refractivity contribution in [3.63, 3.8) is 0 Å². The van der Waals surface area contributed by atoms with E-state index in [4.69, 9.17) is 19.7 Å². The largest absolute Gasteiger partial charge is 0.493 e. The van der Waals surface area contributed by atoms with Crippen molar-refractivity contribution in [1.29, 1.82) is 0 Å². The predicted molar refractivity (Wildman–Crippen MR) is 88.2 cm³/mol. The van der Waals surface area contributed by atoms with Crippen LogP contribution in [0.15, 0.2) is 42.5 Å². The zero-order valence-corrected chi connectivity index (χ0v) is 12.9. The van der Waals surface area contributed by atoms with Gasteiger partial charge in [0.2, 0.25) is 6.75 Å². The summed E-state index contributed by atoms with van der Waals surface area (Å²) in [4.78, 5) is 0. The second kappa shape index (κ2) is 6.69. The van der Waals surface area contributed by atoms with Gasteiger partial charge in [0.05, 0.1) is 6.61 Å². The number of hydrogen-bond donors (Lipinski definition) is 1. The van der Waals surface area contributed by atoms with Gasteiger partial charge in [0.15, 0.2) is 11.5 Å². The lowest BCUT2D eigenvalue weighted by molar-refractivity contribution is 0.173. The van der Waals surface area contributed by atoms with Gasteiger partial charge in [-0.15, -0.1) is 0 Å². The summed E-state index contributed by atoms with van der Waals surface area (Å²) >= 11 is 0. The van der Waals surface area contributed by atoms with Crippen LogP contribution in [0, 0.1) is 11.7 Å². The first-order valence-electron chi connectivity index (χ1n) is 9.89. The summed E-state index contributed by atoms with van der Waals surface area (Å²) in [7, 11) is 0. The molecule has 0 radical (unpaired) electrons. The number of benzene rings is 2. The minimum Gasteiger partial charge on any atom is -0.493 e. The number of piperidine rings is 1. The van der Waals surface area contributed by atoms with Crippen LogP contribution in [-0.4, -0.2) is 26.4 Å². The van der Waals surface area contributed by atoms with Crippen LogP contribution in [0.2, 0.25) is 0 Å². The predicted octanol–water partition coefficient (Wildman–Crippen LogP) is 3.33. The van der Waals surface area contributed by atoms with Crippen molar-refractivity contribution in [1.82, 2.24) is 5.32 Å². The van der Waals surface area contributed by atoms with Crippen molar-refractivity contribution in [2.45, 2.75) is 12.3 Å². The molecule has 0 aromatic heterocycles. The van der Waals surface area contributed by atoms with E-state index in [-0.39, 0.29) is 29.8 Å². The van der Waals surface area contributed by atoms with E-state index in [1.807, 2.05) is 0 Å². The Morgan fingerprint density at radius 2 is 2.00 bits per heavy atom. The second-order valence-corrected chi connectivity index (χ2v) is 5.83. The molecule has 2 aromatic rings. The van der Waals surface area contributed by atoms with Crippen LogP contribution in [0.4, 0.5) is 4.39 Å². The first-order chi connectivity index (χ1) is 13.2. The molecule has 1 unspecified atom stereocenters. The fourth-order valence-electron chi connectivity index (χ4n) is 3.04. The monoisotopic (exact) mass is 333 g/mol. The van der Waals surface area contributed by atoms with Crippen LogP contribution in [0.1, 0.15) is 23.4 Å². The highest BCUT2D eigenvalue weighted by Gasteiger charge is 2.27. The Morgan fingerprint density at radius 3 is 2.88 bits per heavy atom. The molecule has 5 heteroatoms. The highest BCUT2D eigenvalue weighted by molar-refractivity contribution is 5.46. The van der Waals surface area contributed by atoms with Crippen molar-refractivity contribution >= 4 is 0 Å². The van der Waals surface area contributed by atoms with Gasteiger partial charge < -0.3 is 19.5 Å². The van der Waals surface area contributed by atoms with Gasteiger partial charge in [-0.1, -0.05) is 12.1 Å². The van der Waals surface area contributed by atoms with Crippen LogP contribution in [0.25, 0.3) is 0 Å². The Bertz CT molecular complexity index is 863. The first-order valence-corrected chi connectivity index (χ1v) is 7.89. The van der Waals surface area contributed by atoms with E-state index in [0.717, 1.165) is 5.56 Å². The number of rotatable bonds is 4. The normalized spacial score (nSPS) is 29.0. The molecule has 1 fully saturated rings. The summed E-state index contributed by atoms with van der Waals surface area (Å²) in [5.41, 5.74) is 0.874. The van der Waals surface area contributed by atoms with Gasteiger partial charge in [-0.05, 0) is 48.7 Å². The molecule has 0 saturated carbocycles. The molecule has 2 heterocycles. The minimum absolute atomic E-state index is 0.0918. The van der Waals surface area contributed by atoms with E-state index in [0.29, 0.717) is 18.7 Å². The summed E-state index contributed by atoms with van der Waals surface area (Å²) in [6, 6.07) is 10.9. The Balaban J connectivity index is 1.52. The molecule has 2 atom stereocenters. The van der Waals surface area contributed by atoms with Gasteiger partial charge in [-0.25, -0.2) is 4.39 Å². The minimum atomic E-state index is -2.21. The fraction of sp³-hybridized carbons (Fsp3) is 0.368. The molecule has 0 aliphatic carbocycles. The maximum Gasteiger partial charge on any atom is 0.231 e. The molecule has 4 nitrogen and oxygen atoms in total. The maximum atomic E-state index is 13.3. The van der Waals surface area contributed by atoms with Crippen LogP contribution in [0.3, 0.4) is 0 Å². The Kier molecular flexibility index (Phi) is 3.15. The van der Waals surface area contributed by atoms with Crippen LogP contribution < -0.4 is 19.5 Å². The molecule has 24 heavy (non-hydrogen) atoms. The quantitative estimate of drug-likeness (QED) is 0.932. The van der Waals surface area contributed by atoms with Crippen molar-refractivity contribution in [2.75, 3.05) is 26.4 Å². The molecule has 1 N–H and O–H groups in total. The number of fused-ring (bicyclic) bond motifs is 1. The van der Waals surface area contributed by atoms with Crippen molar-refractivity contribution in [2.24, 2.45) is 5.92 Å². The molecule has 0 spiro atoms. The van der Waals surface area contributed by atoms with E-state index in [9.17, 15) is 4.39 Å². The van der Waals surface area contributed by atoms with Crippen LogP contribution in [0.5, 0.6) is 17.2 Å². The molecular formula is C19H20FNO3. The third-order valence-corrected chi connectivity index (χ3v) is 4.30. The van der Waals surface area contributed by atoms with Gasteiger partial charge in [-0.2, -0.15) is 0 Å². The van der Waals surface area contributed by atoms with Crippen LogP contribution >= 0.6 is 0 Å². The molecule has 2 aromatic carbocycles. The summed E-state index contributed by atoms with van der Waals surface area (Å²) in [5, 5.41) is 2.89. The molecule has 1 saturated heterocycles. The number of nitrogens with one attached hydrogen (secondary N) is 1. The van der Waals surface area contributed by atoms with Gasteiger partial charge >= 0.3 is 0 Å². The van der Waals surface area contributed by atoms with E-state index in [2.05, 4.69) is 5.32 Å². The van der Waals surface area contributed by atoms with Gasteiger partial charge in [0.25, 0.3) is 0 Å². The van der Waals surface area contributed by atoms with Gasteiger partial charge in [0, 0.05) is 21.2 Å². The Hall–Kier alpha value is -2.27. The molecular weight excluding hydrogens is 309 g/mol. The topological polar surface area (TPSA) is 39.7 Å². The SMILES string of the molecule is [2H]C1([2H])Oc2ccc(OCC3[C@H](c4ccc(F)cc4)CCNC3([2H])[2H])cc2O1. The van der Waals surface area contributed by atoms with E-state index < -0.39 is 19.2 Å². The third kappa shape index (κ3) is 3.17. The number of ether oxygens (including phenoxy) is 3. The van der Waals surface area contributed by atoms with Gasteiger partial charge in [0.1, 0.15) is 14.3 Å². The Labute approximate surface area is 146 Å². The average Bonchev–Trinajstić information content (AvgIpc) is 2.93. The lowest BCUT2D eigenvalue weighted by Gasteiger charge is -2.32. The second-order valence-electron chi connectivity index (χ2n) is 5.83. The number of hydrogen-bond acceptors (Lipinski definition) is 4. The lowest BCUT2D eigenvalue weighted by Crippen LogP contribution is -2.38. The van der Waals surface area contributed by atoms with Crippen molar-refractivity contribution < 1.29 is 24.1 Å². The van der Waals surface area contributed by atoms with Crippen molar-refractivity contribution in [3.05, 3.63) is 53.8 Å². The number of halogens is 1. The summed E-state index contributed by atoms with van der Waals surface area (Å²) in [5.74, 6) is 0.00938. The summed E-state index contributed by atoms with van der Waals surface area (Å²) in [6.45, 7) is -3.25. The molecule has 0 amide bonds. The van der Waals surface area contributed by atoms with E-state index in [1.54, 1.807) is 24.3 Å². The van der Waals surface area contributed by atoms with E-state index in [1.165, 1.54) is 18.2 Å². The third-order valence-electron chi connectivity index (χ3n) is 4.30. The molecule has 4 rings (SSSR count). The summed E-state index contributed by atoms with van der Waals surface area (Å²) in [6.07, 6.45) is 0.709. The maximum absolute atomic E-state index is 13.3. The molecule has 126 valence electrons. The summed E-state index contributed by atoms with van der Waals surface area (Å²) < 4.78 is 60.9. The molecule has 0 bridgehead atoms. The van der Waals surface area contributed by atoms with E-state index >= 15 is 0 Å². The molecule has 2 aliphatic rings. The average molecular weight is 333 g/mol. The Morgan fingerprint density at radius 1 is 1.17 bits per heavy atom. The highest BCUT2D eigenvalue weighted by atomic mass is 19.1. The zero-order valence-electron chi connectivity index (χ0n) is 16.9. The lowest BCUT2D eigenvalue weighted by atomic mass is 9.81. The van der Waals surface area contributed by atoms with Crippen molar-refractivity contribution in [3.8, 4) is 17.2 Å². The first kappa shape index (κ1) is 11.3. The van der Waals surface area contributed by atoms with Gasteiger partial charge in [-0.3, -0.25) is 0 Å². The highest BCUT2D eigenvalue weighted by Crippen LogP contribution is 2.36. The molecule has 2 aliphatic heterocycles. The van der Waals surface area contributed by atoms with Crippen LogP contribution in [-0.2, 0) is 0 Å². The fourth-order valence-corrected chi connectivity index (χ4v) is 3.04.